The van der Waals surface area contributed by atoms with Gasteiger partial charge in [-0.3, -0.25) is 4.90 Å². The lowest BCUT2D eigenvalue weighted by Gasteiger charge is -2.36. The van der Waals surface area contributed by atoms with E-state index in [9.17, 15) is 13.2 Å². The van der Waals surface area contributed by atoms with E-state index >= 15 is 0 Å². The van der Waals surface area contributed by atoms with Gasteiger partial charge in [0, 0.05) is 38.9 Å². The molecule has 0 bridgehead atoms. The van der Waals surface area contributed by atoms with Gasteiger partial charge in [-0.15, -0.1) is 0 Å². The Morgan fingerprint density at radius 3 is 2.74 bits per heavy atom. The van der Waals surface area contributed by atoms with Crippen LogP contribution in [0.4, 0.5) is 19.1 Å². The summed E-state index contributed by atoms with van der Waals surface area (Å²) in [7, 11) is 0. The van der Waals surface area contributed by atoms with Gasteiger partial charge in [-0.25, -0.2) is 9.97 Å². The molecule has 0 amide bonds. The standard InChI is InChI=1S/C15H21F3N4O/c16-15(17,18)13-3-4-19-14(20-13)22-5-1-2-12(11-22)10-21-6-8-23-9-7-21/h3-4,12H,1-2,5-11H2/t12-/m1/s1. The Morgan fingerprint density at radius 2 is 2.00 bits per heavy atom. The average molecular weight is 330 g/mol. The summed E-state index contributed by atoms with van der Waals surface area (Å²) in [4.78, 5) is 12.0. The van der Waals surface area contributed by atoms with Crippen molar-refractivity contribution in [1.82, 2.24) is 14.9 Å². The van der Waals surface area contributed by atoms with Gasteiger partial charge in [0.1, 0.15) is 5.69 Å². The van der Waals surface area contributed by atoms with Crippen molar-refractivity contribution in [3.8, 4) is 0 Å². The zero-order chi connectivity index (χ0) is 16.3. The predicted molar refractivity (Wildman–Crippen MR) is 79.2 cm³/mol. The zero-order valence-corrected chi connectivity index (χ0v) is 12.9. The molecule has 0 radical (unpaired) electrons. The van der Waals surface area contributed by atoms with E-state index in [1.54, 1.807) is 0 Å². The van der Waals surface area contributed by atoms with E-state index in [4.69, 9.17) is 4.74 Å². The minimum Gasteiger partial charge on any atom is -0.379 e. The minimum atomic E-state index is -4.43. The van der Waals surface area contributed by atoms with Crippen LogP contribution in [0.2, 0.25) is 0 Å². The van der Waals surface area contributed by atoms with Crippen LogP contribution in [0, 0.1) is 5.92 Å². The summed E-state index contributed by atoms with van der Waals surface area (Å²) in [6.45, 7) is 5.74. The van der Waals surface area contributed by atoms with E-state index in [1.807, 2.05) is 4.90 Å². The maximum atomic E-state index is 12.8. The van der Waals surface area contributed by atoms with Crippen molar-refractivity contribution in [3.05, 3.63) is 18.0 Å². The van der Waals surface area contributed by atoms with Crippen molar-refractivity contribution in [3.63, 3.8) is 0 Å². The minimum absolute atomic E-state index is 0.187. The molecule has 0 saturated carbocycles. The highest BCUT2D eigenvalue weighted by atomic mass is 19.4. The molecule has 1 aromatic heterocycles. The van der Waals surface area contributed by atoms with Crippen molar-refractivity contribution in [2.24, 2.45) is 5.92 Å². The first kappa shape index (κ1) is 16.4. The van der Waals surface area contributed by atoms with Crippen molar-refractivity contribution < 1.29 is 17.9 Å². The molecular formula is C15H21F3N4O. The number of rotatable bonds is 3. The fourth-order valence-electron chi connectivity index (χ4n) is 3.20. The van der Waals surface area contributed by atoms with E-state index in [2.05, 4.69) is 14.9 Å². The van der Waals surface area contributed by atoms with Gasteiger partial charge in [0.25, 0.3) is 0 Å². The molecule has 3 rings (SSSR count). The van der Waals surface area contributed by atoms with Crippen LogP contribution in [-0.2, 0) is 10.9 Å². The summed E-state index contributed by atoms with van der Waals surface area (Å²) in [5.41, 5.74) is -0.877. The molecule has 0 aromatic carbocycles. The Balaban J connectivity index is 1.64. The number of alkyl halides is 3. The smallest absolute Gasteiger partial charge is 0.379 e. The number of hydrogen-bond donors (Lipinski definition) is 0. The Morgan fingerprint density at radius 1 is 1.22 bits per heavy atom. The van der Waals surface area contributed by atoms with Gasteiger partial charge >= 0.3 is 6.18 Å². The van der Waals surface area contributed by atoms with Gasteiger partial charge < -0.3 is 9.64 Å². The van der Waals surface area contributed by atoms with Crippen LogP contribution in [0.3, 0.4) is 0 Å². The molecule has 5 nitrogen and oxygen atoms in total. The summed E-state index contributed by atoms with van der Waals surface area (Å²) in [5, 5.41) is 0. The molecule has 1 aromatic rings. The first-order valence-electron chi connectivity index (χ1n) is 7.97. The lowest BCUT2D eigenvalue weighted by atomic mass is 9.97. The number of aromatic nitrogens is 2. The van der Waals surface area contributed by atoms with E-state index < -0.39 is 11.9 Å². The van der Waals surface area contributed by atoms with Gasteiger partial charge in [-0.1, -0.05) is 0 Å². The number of morpholine rings is 1. The molecule has 2 aliphatic heterocycles. The molecule has 0 aliphatic carbocycles. The van der Waals surface area contributed by atoms with Gasteiger partial charge in [0.2, 0.25) is 5.95 Å². The Labute approximate surface area is 133 Å². The Bertz CT molecular complexity index is 520. The average Bonchev–Trinajstić information content (AvgIpc) is 2.55. The molecule has 1 atom stereocenters. The van der Waals surface area contributed by atoms with Crippen LogP contribution in [0.15, 0.2) is 12.3 Å². The Hall–Kier alpha value is -1.41. The molecule has 3 heterocycles. The number of piperidine rings is 1. The first-order valence-corrected chi connectivity index (χ1v) is 7.97. The third-order valence-corrected chi connectivity index (χ3v) is 4.36. The first-order chi connectivity index (χ1) is 11.0. The second-order valence-electron chi connectivity index (χ2n) is 6.11. The maximum Gasteiger partial charge on any atom is 0.433 e. The number of hydrogen-bond acceptors (Lipinski definition) is 5. The molecule has 2 saturated heterocycles. The number of halogens is 3. The molecule has 0 unspecified atom stereocenters. The second-order valence-corrected chi connectivity index (χ2v) is 6.11. The number of anilines is 1. The largest absolute Gasteiger partial charge is 0.433 e. The fourth-order valence-corrected chi connectivity index (χ4v) is 3.20. The van der Waals surface area contributed by atoms with Crippen LogP contribution < -0.4 is 4.90 Å². The van der Waals surface area contributed by atoms with Crippen LogP contribution >= 0.6 is 0 Å². The van der Waals surface area contributed by atoms with Crippen LogP contribution in [0.5, 0.6) is 0 Å². The summed E-state index contributed by atoms with van der Waals surface area (Å²) in [6, 6.07) is 0.915. The lowest BCUT2D eigenvalue weighted by Crippen LogP contribution is -2.45. The third kappa shape index (κ3) is 4.32. The molecular weight excluding hydrogens is 309 g/mol. The number of nitrogens with zero attached hydrogens (tertiary/aromatic N) is 4. The monoisotopic (exact) mass is 330 g/mol. The molecule has 2 aliphatic rings. The molecule has 8 heteroatoms. The molecule has 0 N–H and O–H groups in total. The van der Waals surface area contributed by atoms with Crippen molar-refractivity contribution >= 4 is 5.95 Å². The van der Waals surface area contributed by atoms with Crippen molar-refractivity contribution in [2.75, 3.05) is 50.8 Å². The van der Waals surface area contributed by atoms with Crippen molar-refractivity contribution in [1.29, 1.82) is 0 Å². The number of ether oxygens (including phenoxy) is 1. The normalized spacial score (nSPS) is 24.0. The summed E-state index contributed by atoms with van der Waals surface area (Å²) < 4.78 is 43.7. The van der Waals surface area contributed by atoms with Crippen molar-refractivity contribution in [2.45, 2.75) is 19.0 Å². The van der Waals surface area contributed by atoms with E-state index in [-0.39, 0.29) is 5.95 Å². The van der Waals surface area contributed by atoms with Crippen LogP contribution in [0.25, 0.3) is 0 Å². The summed E-state index contributed by atoms with van der Waals surface area (Å²) in [6.07, 6.45) is -1.20. The van der Waals surface area contributed by atoms with E-state index in [0.29, 0.717) is 19.0 Å². The van der Waals surface area contributed by atoms with Gasteiger partial charge in [-0.05, 0) is 24.8 Å². The predicted octanol–water partition coefficient (Wildman–Crippen LogP) is 2.04. The van der Waals surface area contributed by atoms with Gasteiger partial charge in [0.15, 0.2) is 0 Å². The highest BCUT2D eigenvalue weighted by Gasteiger charge is 2.33. The quantitative estimate of drug-likeness (QED) is 0.848. The third-order valence-electron chi connectivity index (χ3n) is 4.36. The van der Waals surface area contributed by atoms with Crippen LogP contribution in [-0.4, -0.2) is 60.8 Å². The molecule has 2 fully saturated rings. The lowest BCUT2D eigenvalue weighted by molar-refractivity contribution is -0.141. The van der Waals surface area contributed by atoms with Gasteiger partial charge in [-0.2, -0.15) is 13.2 Å². The summed E-state index contributed by atoms with van der Waals surface area (Å²) >= 11 is 0. The van der Waals surface area contributed by atoms with Crippen LogP contribution in [0.1, 0.15) is 18.5 Å². The van der Waals surface area contributed by atoms with E-state index in [1.165, 1.54) is 6.20 Å². The Kier molecular flexibility index (Phi) is 5.01. The SMILES string of the molecule is FC(F)(F)c1ccnc(N2CCC[C@H](CN3CCOCC3)C2)n1. The van der Waals surface area contributed by atoms with Gasteiger partial charge in [0.05, 0.1) is 13.2 Å². The van der Waals surface area contributed by atoms with E-state index in [0.717, 1.165) is 51.8 Å². The molecule has 128 valence electrons. The maximum absolute atomic E-state index is 12.8. The zero-order valence-electron chi connectivity index (χ0n) is 12.9. The topological polar surface area (TPSA) is 41.5 Å². The highest BCUT2D eigenvalue weighted by Crippen LogP contribution is 2.29. The molecule has 0 spiro atoms. The second kappa shape index (κ2) is 7.00. The highest BCUT2D eigenvalue weighted by molar-refractivity contribution is 5.31. The molecule has 23 heavy (non-hydrogen) atoms. The fraction of sp³-hybridized carbons (Fsp3) is 0.733. The summed E-state index contributed by atoms with van der Waals surface area (Å²) in [5.74, 6) is 0.617.